The minimum absolute atomic E-state index is 0.00592. The van der Waals surface area contributed by atoms with Gasteiger partial charge in [0.2, 0.25) is 10.0 Å². The van der Waals surface area contributed by atoms with Crippen LogP contribution >= 0.6 is 0 Å². The van der Waals surface area contributed by atoms with E-state index in [1.54, 1.807) is 12.1 Å². The van der Waals surface area contributed by atoms with Gasteiger partial charge in [-0.2, -0.15) is 0 Å². The molecule has 2 aromatic rings. The van der Waals surface area contributed by atoms with Gasteiger partial charge in [-0.3, -0.25) is 4.79 Å². The molecule has 0 bridgehead atoms. The molecular formula is C14H14N2O3S. The first-order valence-electron chi connectivity index (χ1n) is 5.88. The van der Waals surface area contributed by atoms with Crippen molar-refractivity contribution in [3.8, 4) is 0 Å². The molecule has 0 unspecified atom stereocenters. The molecular weight excluding hydrogens is 276 g/mol. The van der Waals surface area contributed by atoms with Crippen LogP contribution in [-0.2, 0) is 10.0 Å². The Morgan fingerprint density at radius 3 is 2.20 bits per heavy atom. The molecule has 0 radical (unpaired) electrons. The monoisotopic (exact) mass is 290 g/mol. The summed E-state index contributed by atoms with van der Waals surface area (Å²) in [4.78, 5) is 12.1. The normalized spacial score (nSPS) is 11.1. The average Bonchev–Trinajstić information content (AvgIpc) is 2.38. The summed E-state index contributed by atoms with van der Waals surface area (Å²) in [6.45, 7) is 1.85. The smallest absolute Gasteiger partial charge is 0.255 e. The second-order valence-corrected chi connectivity index (χ2v) is 5.90. The molecule has 3 N–H and O–H groups in total. The molecule has 0 atom stereocenters. The van der Waals surface area contributed by atoms with Crippen molar-refractivity contribution < 1.29 is 13.2 Å². The van der Waals surface area contributed by atoms with Crippen LogP contribution in [0.1, 0.15) is 15.9 Å². The second-order valence-electron chi connectivity index (χ2n) is 4.34. The van der Waals surface area contributed by atoms with Crippen molar-refractivity contribution in [2.75, 3.05) is 5.32 Å². The van der Waals surface area contributed by atoms with Crippen LogP contribution in [0.2, 0.25) is 0 Å². The van der Waals surface area contributed by atoms with Gasteiger partial charge in [-0.25, -0.2) is 13.6 Å². The molecule has 20 heavy (non-hydrogen) atoms. The van der Waals surface area contributed by atoms with Gasteiger partial charge in [-0.15, -0.1) is 0 Å². The van der Waals surface area contributed by atoms with Crippen LogP contribution in [0, 0.1) is 6.92 Å². The number of aryl methyl sites for hydroxylation is 1. The lowest BCUT2D eigenvalue weighted by atomic mass is 10.1. The van der Waals surface area contributed by atoms with E-state index in [0.29, 0.717) is 11.3 Å². The van der Waals surface area contributed by atoms with E-state index in [1.165, 1.54) is 24.3 Å². The molecule has 0 saturated carbocycles. The molecule has 2 rings (SSSR count). The van der Waals surface area contributed by atoms with E-state index < -0.39 is 10.0 Å². The predicted octanol–water partition coefficient (Wildman–Crippen LogP) is 1.89. The van der Waals surface area contributed by atoms with Crippen molar-refractivity contribution in [2.24, 2.45) is 5.14 Å². The topological polar surface area (TPSA) is 89.3 Å². The summed E-state index contributed by atoms with van der Waals surface area (Å²) in [7, 11) is -3.72. The Morgan fingerprint density at radius 2 is 1.65 bits per heavy atom. The zero-order valence-corrected chi connectivity index (χ0v) is 11.6. The van der Waals surface area contributed by atoms with E-state index >= 15 is 0 Å². The second kappa shape index (κ2) is 5.44. The summed E-state index contributed by atoms with van der Waals surface area (Å²) in [6, 6.07) is 12.9. The minimum atomic E-state index is -3.72. The van der Waals surface area contributed by atoms with Crippen LogP contribution in [0.3, 0.4) is 0 Å². The fourth-order valence-electron chi connectivity index (χ4n) is 1.75. The molecule has 6 heteroatoms. The number of hydrogen-bond acceptors (Lipinski definition) is 3. The Bertz CT molecular complexity index is 737. The molecule has 0 heterocycles. The lowest BCUT2D eigenvalue weighted by molar-refractivity contribution is 0.102. The minimum Gasteiger partial charge on any atom is -0.322 e. The predicted molar refractivity (Wildman–Crippen MR) is 76.9 cm³/mol. The third kappa shape index (κ3) is 3.23. The van der Waals surface area contributed by atoms with Gasteiger partial charge < -0.3 is 5.32 Å². The van der Waals surface area contributed by atoms with Crippen molar-refractivity contribution in [1.29, 1.82) is 0 Å². The third-order valence-electron chi connectivity index (χ3n) is 2.83. The van der Waals surface area contributed by atoms with Crippen molar-refractivity contribution in [3.63, 3.8) is 0 Å². The Kier molecular flexibility index (Phi) is 3.87. The third-order valence-corrected chi connectivity index (χ3v) is 3.76. The molecule has 0 aromatic heterocycles. The lowest BCUT2D eigenvalue weighted by Gasteiger charge is -2.08. The van der Waals surface area contributed by atoms with Gasteiger partial charge in [0.25, 0.3) is 5.91 Å². The molecule has 0 aliphatic carbocycles. The first-order chi connectivity index (χ1) is 9.38. The first-order valence-corrected chi connectivity index (χ1v) is 7.42. The SMILES string of the molecule is Cc1ccccc1C(=O)Nc1ccc(S(N)(=O)=O)cc1. The molecule has 0 spiro atoms. The van der Waals surface area contributed by atoms with E-state index in [2.05, 4.69) is 5.32 Å². The van der Waals surface area contributed by atoms with E-state index in [1.807, 2.05) is 19.1 Å². The quantitative estimate of drug-likeness (QED) is 0.904. The number of rotatable bonds is 3. The van der Waals surface area contributed by atoms with Gasteiger partial charge in [-0.1, -0.05) is 18.2 Å². The highest BCUT2D eigenvalue weighted by molar-refractivity contribution is 7.89. The Hall–Kier alpha value is -2.18. The molecule has 2 aromatic carbocycles. The summed E-state index contributed by atoms with van der Waals surface area (Å²) in [5, 5.41) is 7.71. The largest absolute Gasteiger partial charge is 0.322 e. The van der Waals surface area contributed by atoms with Gasteiger partial charge >= 0.3 is 0 Å². The van der Waals surface area contributed by atoms with E-state index in [-0.39, 0.29) is 10.8 Å². The van der Waals surface area contributed by atoms with Crippen LogP contribution in [0.4, 0.5) is 5.69 Å². The van der Waals surface area contributed by atoms with Crippen LogP contribution in [0.25, 0.3) is 0 Å². The highest BCUT2D eigenvalue weighted by atomic mass is 32.2. The van der Waals surface area contributed by atoms with Crippen molar-refractivity contribution in [2.45, 2.75) is 11.8 Å². The van der Waals surface area contributed by atoms with Gasteiger partial charge in [0, 0.05) is 11.3 Å². The van der Waals surface area contributed by atoms with Crippen LogP contribution in [-0.4, -0.2) is 14.3 Å². The number of anilines is 1. The molecule has 0 aliphatic heterocycles. The van der Waals surface area contributed by atoms with E-state index in [9.17, 15) is 13.2 Å². The summed E-state index contributed by atoms with van der Waals surface area (Å²) in [6.07, 6.45) is 0. The maximum absolute atomic E-state index is 12.1. The summed E-state index contributed by atoms with van der Waals surface area (Å²) in [5.74, 6) is -0.244. The maximum Gasteiger partial charge on any atom is 0.255 e. The average molecular weight is 290 g/mol. The molecule has 1 amide bonds. The van der Waals surface area contributed by atoms with E-state index in [0.717, 1.165) is 5.56 Å². The highest BCUT2D eigenvalue weighted by Gasteiger charge is 2.10. The maximum atomic E-state index is 12.1. The molecule has 0 aliphatic rings. The van der Waals surface area contributed by atoms with Crippen LogP contribution in [0.5, 0.6) is 0 Å². The molecule has 5 nitrogen and oxygen atoms in total. The summed E-state index contributed by atoms with van der Waals surface area (Å²) < 4.78 is 22.2. The fourth-order valence-corrected chi connectivity index (χ4v) is 2.27. The van der Waals surface area contributed by atoms with Gasteiger partial charge in [0.05, 0.1) is 4.90 Å². The van der Waals surface area contributed by atoms with Gasteiger partial charge in [0.1, 0.15) is 0 Å². The van der Waals surface area contributed by atoms with Gasteiger partial charge in [-0.05, 0) is 42.8 Å². The number of amides is 1. The number of nitrogens with one attached hydrogen (secondary N) is 1. The number of sulfonamides is 1. The molecule has 0 fully saturated rings. The number of carbonyl (C=O) groups is 1. The number of carbonyl (C=O) groups excluding carboxylic acids is 1. The number of primary sulfonamides is 1. The fraction of sp³-hybridized carbons (Fsp3) is 0.0714. The lowest BCUT2D eigenvalue weighted by Crippen LogP contribution is -2.14. The summed E-state index contributed by atoms with van der Waals surface area (Å²) in [5.41, 5.74) is 1.94. The number of benzene rings is 2. The zero-order valence-electron chi connectivity index (χ0n) is 10.8. The highest BCUT2D eigenvalue weighted by Crippen LogP contribution is 2.15. The molecule has 104 valence electrons. The van der Waals surface area contributed by atoms with Crippen LogP contribution in [0.15, 0.2) is 53.4 Å². The Balaban J connectivity index is 2.19. The molecule has 0 saturated heterocycles. The number of nitrogens with two attached hydrogens (primary N) is 1. The standard InChI is InChI=1S/C14H14N2O3S/c1-10-4-2-3-5-13(10)14(17)16-11-6-8-12(9-7-11)20(15,18)19/h2-9H,1H3,(H,16,17)(H2,15,18,19). The van der Waals surface area contributed by atoms with Crippen molar-refractivity contribution >= 4 is 21.6 Å². The van der Waals surface area contributed by atoms with Gasteiger partial charge in [0.15, 0.2) is 0 Å². The van der Waals surface area contributed by atoms with Crippen molar-refractivity contribution in [3.05, 3.63) is 59.7 Å². The van der Waals surface area contributed by atoms with E-state index in [4.69, 9.17) is 5.14 Å². The Labute approximate surface area is 117 Å². The first kappa shape index (κ1) is 14.2. The Morgan fingerprint density at radius 1 is 1.05 bits per heavy atom. The number of hydrogen-bond donors (Lipinski definition) is 2. The van der Waals surface area contributed by atoms with Crippen LogP contribution < -0.4 is 10.5 Å². The summed E-state index contributed by atoms with van der Waals surface area (Å²) >= 11 is 0. The zero-order chi connectivity index (χ0) is 14.8. The van der Waals surface area contributed by atoms with Crippen molar-refractivity contribution in [1.82, 2.24) is 0 Å².